The van der Waals surface area contributed by atoms with Gasteiger partial charge in [0.05, 0.1) is 12.0 Å². The highest BCUT2D eigenvalue weighted by Gasteiger charge is 2.17. The average Bonchev–Trinajstić information content (AvgIpc) is 2.77. The van der Waals surface area contributed by atoms with Crippen molar-refractivity contribution < 1.29 is 22.7 Å². The molecule has 0 atom stereocenters. The summed E-state index contributed by atoms with van der Waals surface area (Å²) in [6.45, 7) is 2.12. The first kappa shape index (κ1) is 24.2. The van der Waals surface area contributed by atoms with Crippen LogP contribution in [-0.2, 0) is 14.8 Å². The molecule has 0 saturated heterocycles. The Hall–Kier alpha value is -3.07. The van der Waals surface area contributed by atoms with Gasteiger partial charge in [-0.1, -0.05) is 38.7 Å². The van der Waals surface area contributed by atoms with Gasteiger partial charge in [-0.25, -0.2) is 8.42 Å². The number of rotatable bonds is 11. The predicted molar refractivity (Wildman–Crippen MR) is 119 cm³/mol. The van der Waals surface area contributed by atoms with Crippen LogP contribution in [0.4, 0.5) is 5.69 Å². The molecule has 0 aliphatic carbocycles. The van der Waals surface area contributed by atoms with Crippen molar-refractivity contribution in [2.75, 3.05) is 11.8 Å². The Morgan fingerprint density at radius 3 is 2.32 bits per heavy atom. The van der Waals surface area contributed by atoms with Crippen molar-refractivity contribution >= 4 is 27.5 Å². The fraction of sp³-hybridized carbons (Fsp3) is 0.364. The minimum atomic E-state index is -3.90. The van der Waals surface area contributed by atoms with E-state index in [1.54, 1.807) is 24.3 Å². The third-order valence-electron chi connectivity index (χ3n) is 4.57. The zero-order valence-electron chi connectivity index (χ0n) is 17.8. The van der Waals surface area contributed by atoms with Crippen molar-refractivity contribution in [2.45, 2.75) is 50.3 Å². The molecule has 0 saturated carbocycles. The van der Waals surface area contributed by atoms with Crippen molar-refractivity contribution in [3.63, 3.8) is 0 Å². The van der Waals surface area contributed by atoms with Crippen LogP contribution in [0.15, 0.2) is 53.4 Å². The fourth-order valence-electron chi connectivity index (χ4n) is 2.83. The molecule has 2 rings (SSSR count). The van der Waals surface area contributed by atoms with Gasteiger partial charge in [0.1, 0.15) is 5.75 Å². The average molecular weight is 448 g/mol. The first-order valence-electron chi connectivity index (χ1n) is 10.2. The van der Waals surface area contributed by atoms with E-state index in [1.165, 1.54) is 31.4 Å². The van der Waals surface area contributed by atoms with Crippen LogP contribution in [0.1, 0.15) is 55.8 Å². The Bertz CT molecular complexity index is 975. The molecule has 0 heterocycles. The lowest BCUT2D eigenvalue weighted by molar-refractivity contribution is -0.122. The summed E-state index contributed by atoms with van der Waals surface area (Å²) in [7, 11) is -2.38. The standard InChI is InChI=1S/C22H29N3O5S/c1-3-4-5-6-7-11-21(26)23-24-22(27)17-9-8-10-20(16-17)31(28,29)25-18-12-14-19(30-2)15-13-18/h8-10,12-16,25H,3-7,11H2,1-2H3,(H,23,26)(H,24,27). The maximum atomic E-state index is 12.6. The molecule has 0 spiro atoms. The highest BCUT2D eigenvalue weighted by molar-refractivity contribution is 7.92. The largest absolute Gasteiger partial charge is 0.497 e. The molecule has 0 bridgehead atoms. The molecule has 2 aromatic rings. The SMILES string of the molecule is CCCCCCCC(=O)NNC(=O)c1cccc(S(=O)(=O)Nc2ccc(OC)cc2)c1. The second-order valence-corrected chi connectivity index (χ2v) is 8.71. The summed E-state index contributed by atoms with van der Waals surface area (Å²) >= 11 is 0. The number of amides is 2. The van der Waals surface area contributed by atoms with Crippen LogP contribution < -0.4 is 20.3 Å². The zero-order valence-corrected chi connectivity index (χ0v) is 18.6. The molecule has 0 aromatic heterocycles. The van der Waals surface area contributed by atoms with Crippen LogP contribution in [0.3, 0.4) is 0 Å². The van der Waals surface area contributed by atoms with E-state index in [1.807, 2.05) is 0 Å². The van der Waals surface area contributed by atoms with Crippen LogP contribution in [0.25, 0.3) is 0 Å². The number of unbranched alkanes of at least 4 members (excludes halogenated alkanes) is 4. The molecule has 0 aliphatic heterocycles. The van der Waals surface area contributed by atoms with E-state index >= 15 is 0 Å². The van der Waals surface area contributed by atoms with Gasteiger partial charge in [0.25, 0.3) is 15.9 Å². The van der Waals surface area contributed by atoms with E-state index in [4.69, 9.17) is 4.74 Å². The zero-order chi connectivity index (χ0) is 22.7. The summed E-state index contributed by atoms with van der Waals surface area (Å²) in [5.74, 6) is -0.278. The molecule has 8 nitrogen and oxygen atoms in total. The van der Waals surface area contributed by atoms with Crippen molar-refractivity contribution in [1.29, 1.82) is 0 Å². The molecule has 9 heteroatoms. The molecule has 168 valence electrons. The number of benzene rings is 2. The van der Waals surface area contributed by atoms with E-state index in [0.29, 0.717) is 17.9 Å². The molecular weight excluding hydrogens is 418 g/mol. The van der Waals surface area contributed by atoms with Gasteiger partial charge in [-0.05, 0) is 48.9 Å². The molecular formula is C22H29N3O5S. The van der Waals surface area contributed by atoms with Crippen molar-refractivity contribution in [3.05, 3.63) is 54.1 Å². The quantitative estimate of drug-likeness (QED) is 0.360. The summed E-state index contributed by atoms with van der Waals surface area (Å²) in [4.78, 5) is 24.1. The van der Waals surface area contributed by atoms with E-state index < -0.39 is 15.9 Å². The molecule has 0 aliphatic rings. The van der Waals surface area contributed by atoms with Crippen molar-refractivity contribution in [1.82, 2.24) is 10.9 Å². The molecule has 31 heavy (non-hydrogen) atoms. The number of carbonyl (C=O) groups is 2. The number of hydrogen-bond acceptors (Lipinski definition) is 5. The van der Waals surface area contributed by atoms with E-state index in [2.05, 4.69) is 22.5 Å². The maximum Gasteiger partial charge on any atom is 0.269 e. The highest BCUT2D eigenvalue weighted by atomic mass is 32.2. The number of methoxy groups -OCH3 is 1. The molecule has 0 unspecified atom stereocenters. The summed E-state index contributed by atoms with van der Waals surface area (Å²) in [5.41, 5.74) is 5.16. The Labute approximate surface area is 183 Å². The van der Waals surface area contributed by atoms with Crippen LogP contribution in [0.5, 0.6) is 5.75 Å². The van der Waals surface area contributed by atoms with E-state index in [-0.39, 0.29) is 16.4 Å². The van der Waals surface area contributed by atoms with Gasteiger partial charge in [0, 0.05) is 17.7 Å². The van der Waals surface area contributed by atoms with Gasteiger partial charge in [0.2, 0.25) is 5.91 Å². The molecule has 2 aromatic carbocycles. The molecule has 3 N–H and O–H groups in total. The second kappa shape index (κ2) is 11.9. The Morgan fingerprint density at radius 1 is 0.935 bits per heavy atom. The lowest BCUT2D eigenvalue weighted by Gasteiger charge is -2.11. The minimum absolute atomic E-state index is 0.0711. The Morgan fingerprint density at radius 2 is 1.65 bits per heavy atom. The van der Waals surface area contributed by atoms with Gasteiger partial charge in [0.15, 0.2) is 0 Å². The van der Waals surface area contributed by atoms with Gasteiger partial charge in [-0.3, -0.25) is 25.2 Å². The lowest BCUT2D eigenvalue weighted by atomic mass is 10.1. The normalized spacial score (nSPS) is 10.9. The number of anilines is 1. The smallest absolute Gasteiger partial charge is 0.269 e. The number of ether oxygens (including phenoxy) is 1. The number of carbonyl (C=O) groups excluding carboxylic acids is 2. The molecule has 2 amide bonds. The third-order valence-corrected chi connectivity index (χ3v) is 5.95. The number of hydrazine groups is 1. The summed E-state index contributed by atoms with van der Waals surface area (Å²) in [6.07, 6.45) is 5.41. The molecule has 0 radical (unpaired) electrons. The second-order valence-electron chi connectivity index (χ2n) is 7.03. The van der Waals surface area contributed by atoms with Crippen LogP contribution in [0.2, 0.25) is 0 Å². The Kier molecular flexibility index (Phi) is 9.33. The van der Waals surface area contributed by atoms with Gasteiger partial charge in [-0.2, -0.15) is 0 Å². The Balaban J connectivity index is 1.93. The fourth-order valence-corrected chi connectivity index (χ4v) is 3.93. The summed E-state index contributed by atoms with van der Waals surface area (Å²) in [5, 5.41) is 0. The highest BCUT2D eigenvalue weighted by Crippen LogP contribution is 2.20. The van der Waals surface area contributed by atoms with Gasteiger partial charge < -0.3 is 4.74 Å². The summed E-state index contributed by atoms with van der Waals surface area (Å²) in [6, 6.07) is 12.0. The minimum Gasteiger partial charge on any atom is -0.497 e. The van der Waals surface area contributed by atoms with Crippen LogP contribution in [-0.4, -0.2) is 27.3 Å². The third kappa shape index (κ3) is 7.93. The first-order valence-corrected chi connectivity index (χ1v) is 11.7. The van der Waals surface area contributed by atoms with Crippen LogP contribution >= 0.6 is 0 Å². The summed E-state index contributed by atoms with van der Waals surface area (Å²) < 4.78 is 32.8. The van der Waals surface area contributed by atoms with E-state index in [9.17, 15) is 18.0 Å². The first-order chi connectivity index (χ1) is 14.9. The monoisotopic (exact) mass is 447 g/mol. The number of nitrogens with one attached hydrogen (secondary N) is 3. The lowest BCUT2D eigenvalue weighted by Crippen LogP contribution is -2.41. The van der Waals surface area contributed by atoms with Gasteiger partial charge >= 0.3 is 0 Å². The van der Waals surface area contributed by atoms with Crippen molar-refractivity contribution in [2.24, 2.45) is 0 Å². The van der Waals surface area contributed by atoms with E-state index in [0.717, 1.165) is 32.1 Å². The van der Waals surface area contributed by atoms with Crippen molar-refractivity contribution in [3.8, 4) is 5.75 Å². The van der Waals surface area contributed by atoms with Crippen LogP contribution in [0, 0.1) is 0 Å². The van der Waals surface area contributed by atoms with Gasteiger partial charge in [-0.15, -0.1) is 0 Å². The number of hydrogen-bond donors (Lipinski definition) is 3. The molecule has 0 fully saturated rings. The number of sulfonamides is 1. The topological polar surface area (TPSA) is 114 Å². The maximum absolute atomic E-state index is 12.6. The predicted octanol–water partition coefficient (Wildman–Crippen LogP) is 3.62.